The van der Waals surface area contributed by atoms with Crippen molar-refractivity contribution in [1.29, 1.82) is 0 Å². The lowest BCUT2D eigenvalue weighted by Crippen LogP contribution is -2.41. The third-order valence-electron chi connectivity index (χ3n) is 5.28. The molecule has 0 aliphatic carbocycles. The Morgan fingerprint density at radius 3 is 2.27 bits per heavy atom. The Morgan fingerprint density at radius 1 is 1.10 bits per heavy atom. The van der Waals surface area contributed by atoms with Gasteiger partial charge in [-0.2, -0.15) is 0 Å². The summed E-state index contributed by atoms with van der Waals surface area (Å²) in [6.07, 6.45) is 0.991. The first-order valence-electron chi connectivity index (χ1n) is 9.16. The van der Waals surface area contributed by atoms with Gasteiger partial charge in [0.15, 0.2) is 0 Å². The Kier molecular flexibility index (Phi) is 6.36. The van der Waals surface area contributed by atoms with Gasteiger partial charge in [0.25, 0.3) is 0 Å². The van der Waals surface area contributed by atoms with Crippen LogP contribution in [0.25, 0.3) is 0 Å². The highest BCUT2D eigenvalue weighted by Gasteiger charge is 2.51. The number of amides is 1. The van der Waals surface area contributed by atoms with E-state index >= 15 is 0 Å². The fourth-order valence-electron chi connectivity index (χ4n) is 3.81. The van der Waals surface area contributed by atoms with Gasteiger partial charge in [-0.25, -0.2) is 4.79 Å². The molecule has 0 fully saturated rings. The summed E-state index contributed by atoms with van der Waals surface area (Å²) in [6, 6.07) is 10.3. The van der Waals surface area contributed by atoms with Crippen molar-refractivity contribution < 1.29 is 28.7 Å². The van der Waals surface area contributed by atoms with Crippen LogP contribution in [0.4, 0.5) is 5.69 Å². The highest BCUT2D eigenvalue weighted by Crippen LogP contribution is 2.50. The number of aldehydes is 2. The summed E-state index contributed by atoms with van der Waals surface area (Å²) in [5.74, 6) is -0.243. The molecule has 1 amide bonds. The van der Waals surface area contributed by atoms with E-state index < -0.39 is 11.4 Å². The van der Waals surface area contributed by atoms with Crippen LogP contribution in [0.1, 0.15) is 34.3 Å². The molecule has 2 aromatic carbocycles. The van der Waals surface area contributed by atoms with Crippen molar-refractivity contribution in [2.75, 3.05) is 19.1 Å². The van der Waals surface area contributed by atoms with Crippen molar-refractivity contribution in [1.82, 2.24) is 0 Å². The van der Waals surface area contributed by atoms with Crippen LogP contribution in [0.3, 0.4) is 0 Å². The quantitative estimate of drug-likeness (QED) is 0.431. The second-order valence-corrected chi connectivity index (χ2v) is 7.76. The zero-order valence-corrected chi connectivity index (χ0v) is 18.1. The summed E-state index contributed by atoms with van der Waals surface area (Å²) in [4.78, 5) is 50.1. The first kappa shape index (κ1) is 21.7. The number of carbonyl (C=O) groups excluding carboxylic acids is 4. The molecule has 0 radical (unpaired) electrons. The van der Waals surface area contributed by atoms with Gasteiger partial charge >= 0.3 is 5.97 Å². The maximum atomic E-state index is 13.5. The monoisotopic (exact) mass is 473 g/mol. The van der Waals surface area contributed by atoms with Crippen LogP contribution in [-0.4, -0.2) is 38.7 Å². The molecule has 0 spiro atoms. The molecular formula is C22H20BrNO6. The maximum Gasteiger partial charge on any atom is 0.337 e. The standard InChI is InChI=1S/C22H20BrNO6/c1-29-16-5-3-14(4-6-16)13-24-18-12-15(20(27)30-2)11-17(23)19(18)22(7-9-25,8-10-26)21(24)28/h3-6,9-12H,7-8,13H2,1-2H3. The molecule has 0 atom stereocenters. The Bertz CT molecular complexity index is 991. The second-order valence-electron chi connectivity index (χ2n) is 6.91. The number of benzene rings is 2. The van der Waals surface area contributed by atoms with Gasteiger partial charge < -0.3 is 24.0 Å². The molecule has 8 heteroatoms. The summed E-state index contributed by atoms with van der Waals surface area (Å²) in [5, 5.41) is 0. The van der Waals surface area contributed by atoms with Crippen LogP contribution >= 0.6 is 15.9 Å². The van der Waals surface area contributed by atoms with E-state index in [0.717, 1.165) is 5.56 Å². The number of methoxy groups -OCH3 is 2. The van der Waals surface area contributed by atoms with E-state index in [9.17, 15) is 19.2 Å². The summed E-state index contributed by atoms with van der Waals surface area (Å²) in [7, 11) is 2.83. The van der Waals surface area contributed by atoms with E-state index in [1.807, 2.05) is 12.1 Å². The lowest BCUT2D eigenvalue weighted by Gasteiger charge is -2.25. The average molecular weight is 474 g/mol. The van der Waals surface area contributed by atoms with Gasteiger partial charge in [0.1, 0.15) is 18.3 Å². The predicted octanol–water partition coefficient (Wildman–Crippen LogP) is 3.21. The average Bonchev–Trinajstić information content (AvgIpc) is 2.97. The number of carbonyl (C=O) groups is 4. The molecule has 1 heterocycles. The zero-order valence-electron chi connectivity index (χ0n) is 16.5. The largest absolute Gasteiger partial charge is 0.497 e. The molecule has 0 saturated heterocycles. The Hall–Kier alpha value is -3.00. The van der Waals surface area contributed by atoms with Gasteiger partial charge in [-0.3, -0.25) is 4.79 Å². The zero-order chi connectivity index (χ0) is 21.9. The molecule has 3 rings (SSSR count). The van der Waals surface area contributed by atoms with Crippen LogP contribution in [0, 0.1) is 0 Å². The van der Waals surface area contributed by atoms with Crippen molar-refractivity contribution in [3.05, 3.63) is 57.6 Å². The molecule has 0 unspecified atom stereocenters. The van der Waals surface area contributed by atoms with Gasteiger partial charge in [0, 0.05) is 22.9 Å². The SMILES string of the molecule is COC(=O)c1cc(Br)c2c(c1)N(Cc1ccc(OC)cc1)C(=O)C2(CC=O)CC=O. The first-order valence-corrected chi connectivity index (χ1v) is 9.95. The van der Waals surface area contributed by atoms with Crippen molar-refractivity contribution in [3.8, 4) is 5.75 Å². The summed E-state index contributed by atoms with van der Waals surface area (Å²) in [5.41, 5.74) is 0.743. The Balaban J connectivity index is 2.17. The molecule has 7 nitrogen and oxygen atoms in total. The number of ether oxygens (including phenoxy) is 2. The highest BCUT2D eigenvalue weighted by molar-refractivity contribution is 9.10. The summed E-state index contributed by atoms with van der Waals surface area (Å²) >= 11 is 3.44. The number of rotatable bonds is 8. The molecule has 0 saturated carbocycles. The van der Waals surface area contributed by atoms with Gasteiger partial charge in [-0.1, -0.05) is 28.1 Å². The van der Waals surface area contributed by atoms with Crippen LogP contribution in [0.15, 0.2) is 40.9 Å². The fourth-order valence-corrected chi connectivity index (χ4v) is 4.64. The molecule has 156 valence electrons. The number of esters is 1. The van der Waals surface area contributed by atoms with Gasteiger partial charge in [-0.05, 0) is 29.8 Å². The highest BCUT2D eigenvalue weighted by atomic mass is 79.9. The van der Waals surface area contributed by atoms with E-state index in [-0.39, 0.29) is 30.9 Å². The van der Waals surface area contributed by atoms with Crippen molar-refractivity contribution in [2.24, 2.45) is 0 Å². The molecule has 30 heavy (non-hydrogen) atoms. The number of hydrogen-bond donors (Lipinski definition) is 0. The topological polar surface area (TPSA) is 90.0 Å². The first-order chi connectivity index (χ1) is 14.4. The van der Waals surface area contributed by atoms with E-state index in [1.54, 1.807) is 31.4 Å². The smallest absolute Gasteiger partial charge is 0.337 e. The van der Waals surface area contributed by atoms with E-state index in [1.165, 1.54) is 12.0 Å². The maximum absolute atomic E-state index is 13.5. The van der Waals surface area contributed by atoms with Crippen molar-refractivity contribution in [3.63, 3.8) is 0 Å². The van der Waals surface area contributed by atoms with E-state index in [0.29, 0.717) is 34.0 Å². The molecule has 0 aromatic heterocycles. The number of nitrogens with zero attached hydrogens (tertiary/aromatic N) is 1. The second kappa shape index (κ2) is 8.79. The van der Waals surface area contributed by atoms with Crippen molar-refractivity contribution >= 4 is 46.1 Å². The number of fused-ring (bicyclic) bond motifs is 1. The lowest BCUT2D eigenvalue weighted by molar-refractivity contribution is -0.127. The molecule has 1 aliphatic rings. The van der Waals surface area contributed by atoms with Crippen LogP contribution in [0.5, 0.6) is 5.75 Å². The molecule has 1 aliphatic heterocycles. The minimum atomic E-state index is -1.32. The van der Waals surface area contributed by atoms with Crippen LogP contribution < -0.4 is 9.64 Å². The van der Waals surface area contributed by atoms with Gasteiger partial charge in [0.05, 0.1) is 37.4 Å². The number of hydrogen-bond acceptors (Lipinski definition) is 6. The third-order valence-corrected chi connectivity index (χ3v) is 5.90. The van der Waals surface area contributed by atoms with Gasteiger partial charge in [0.2, 0.25) is 5.91 Å². The van der Waals surface area contributed by atoms with Crippen LogP contribution in [-0.2, 0) is 31.1 Å². The molecule has 0 bridgehead atoms. The van der Waals surface area contributed by atoms with E-state index in [4.69, 9.17) is 9.47 Å². The Labute approximate surface area is 182 Å². The van der Waals surface area contributed by atoms with Gasteiger partial charge in [-0.15, -0.1) is 0 Å². The molecule has 0 N–H and O–H groups in total. The lowest BCUT2D eigenvalue weighted by atomic mass is 9.76. The summed E-state index contributed by atoms with van der Waals surface area (Å²) in [6.45, 7) is 0.201. The van der Waals surface area contributed by atoms with Crippen LogP contribution in [0.2, 0.25) is 0 Å². The number of halogens is 1. The fraction of sp³-hybridized carbons (Fsp3) is 0.273. The van der Waals surface area contributed by atoms with E-state index in [2.05, 4.69) is 15.9 Å². The number of anilines is 1. The normalized spacial score (nSPS) is 14.2. The molecule has 2 aromatic rings. The predicted molar refractivity (Wildman–Crippen MR) is 113 cm³/mol. The van der Waals surface area contributed by atoms with Crippen molar-refractivity contribution in [2.45, 2.75) is 24.8 Å². The Morgan fingerprint density at radius 2 is 1.73 bits per heavy atom. The third kappa shape index (κ3) is 3.63. The minimum absolute atomic E-state index is 0.146. The molecular weight excluding hydrogens is 454 g/mol. The summed E-state index contributed by atoms with van der Waals surface area (Å²) < 4.78 is 10.4. The minimum Gasteiger partial charge on any atom is -0.497 e.